The van der Waals surface area contributed by atoms with Gasteiger partial charge in [-0.1, -0.05) is 41.2 Å². The molecule has 0 saturated carbocycles. The van der Waals surface area contributed by atoms with Crippen LogP contribution in [0.15, 0.2) is 58.5 Å². The molecule has 130 valence electrons. The summed E-state index contributed by atoms with van der Waals surface area (Å²) in [5, 5.41) is 13.4. The molecule has 1 aromatic carbocycles. The molecule has 0 spiro atoms. The number of nitrogens with zero attached hydrogens (tertiary/aromatic N) is 6. The fraction of sp³-hybridized carbons (Fsp3) is 0.167. The minimum atomic E-state index is 0.529. The number of hydrogen-bond acceptors (Lipinski definition) is 7. The summed E-state index contributed by atoms with van der Waals surface area (Å²) >= 11 is 1.51. The van der Waals surface area contributed by atoms with E-state index in [2.05, 4.69) is 25.3 Å². The van der Waals surface area contributed by atoms with E-state index in [4.69, 9.17) is 4.52 Å². The molecule has 4 rings (SSSR count). The van der Waals surface area contributed by atoms with Crippen LogP contribution in [-0.4, -0.2) is 29.9 Å². The molecule has 0 aliphatic heterocycles. The first-order valence-corrected chi connectivity index (χ1v) is 9.02. The number of aromatic nitrogens is 6. The van der Waals surface area contributed by atoms with Gasteiger partial charge in [0.25, 0.3) is 0 Å². The first-order valence-electron chi connectivity index (χ1n) is 8.03. The highest BCUT2D eigenvalue weighted by Crippen LogP contribution is 2.26. The SMILES string of the molecule is Cc1ccccc1-c1noc(CSc2nnc(-c3ccncc3)n2C)n1. The van der Waals surface area contributed by atoms with Crippen molar-refractivity contribution in [3.63, 3.8) is 0 Å². The maximum atomic E-state index is 5.38. The van der Waals surface area contributed by atoms with E-state index in [1.54, 1.807) is 12.4 Å². The third kappa shape index (κ3) is 3.23. The Morgan fingerprint density at radius 3 is 2.69 bits per heavy atom. The van der Waals surface area contributed by atoms with Gasteiger partial charge in [0, 0.05) is 30.6 Å². The van der Waals surface area contributed by atoms with Crippen molar-refractivity contribution in [2.24, 2.45) is 7.05 Å². The van der Waals surface area contributed by atoms with E-state index in [1.165, 1.54) is 11.8 Å². The highest BCUT2D eigenvalue weighted by atomic mass is 32.2. The Kier molecular flexibility index (Phi) is 4.49. The predicted molar refractivity (Wildman–Crippen MR) is 98.3 cm³/mol. The van der Waals surface area contributed by atoms with Gasteiger partial charge < -0.3 is 9.09 Å². The van der Waals surface area contributed by atoms with E-state index in [-0.39, 0.29) is 0 Å². The number of hydrogen-bond donors (Lipinski definition) is 0. The second kappa shape index (κ2) is 7.09. The smallest absolute Gasteiger partial charge is 0.237 e. The lowest BCUT2D eigenvalue weighted by Gasteiger charge is -2.02. The first kappa shape index (κ1) is 16.5. The number of aryl methyl sites for hydroxylation is 1. The fourth-order valence-corrected chi connectivity index (χ4v) is 3.31. The Bertz CT molecular complexity index is 1030. The zero-order valence-corrected chi connectivity index (χ0v) is 15.1. The maximum absolute atomic E-state index is 5.38. The number of benzene rings is 1. The van der Waals surface area contributed by atoms with E-state index in [0.717, 1.165) is 27.7 Å². The van der Waals surface area contributed by atoms with Gasteiger partial charge in [-0.15, -0.1) is 10.2 Å². The number of rotatable bonds is 5. The zero-order chi connectivity index (χ0) is 17.9. The molecule has 0 aliphatic carbocycles. The summed E-state index contributed by atoms with van der Waals surface area (Å²) in [6, 6.07) is 11.8. The lowest BCUT2D eigenvalue weighted by molar-refractivity contribution is 0.391. The molecule has 0 N–H and O–H groups in total. The van der Waals surface area contributed by atoms with Crippen LogP contribution in [0.5, 0.6) is 0 Å². The minimum Gasteiger partial charge on any atom is -0.338 e. The average Bonchev–Trinajstić information content (AvgIpc) is 3.28. The standard InChI is InChI=1S/C18H16N6OS/c1-12-5-3-4-6-14(12)16-20-15(25-23-16)11-26-18-22-21-17(24(18)2)13-7-9-19-10-8-13/h3-10H,11H2,1-2H3. The van der Waals surface area contributed by atoms with Crippen LogP contribution in [-0.2, 0) is 12.8 Å². The third-order valence-electron chi connectivity index (χ3n) is 3.95. The van der Waals surface area contributed by atoms with Gasteiger partial charge in [-0.2, -0.15) is 4.98 Å². The molecule has 0 radical (unpaired) electrons. The van der Waals surface area contributed by atoms with E-state index in [9.17, 15) is 0 Å². The number of thioether (sulfide) groups is 1. The molecule has 0 bridgehead atoms. The average molecular weight is 364 g/mol. The second-order valence-electron chi connectivity index (χ2n) is 5.72. The summed E-state index contributed by atoms with van der Waals surface area (Å²) in [5.74, 6) is 2.48. The summed E-state index contributed by atoms with van der Waals surface area (Å²) in [5.41, 5.74) is 3.07. The molecule has 0 atom stereocenters. The summed E-state index contributed by atoms with van der Waals surface area (Å²) < 4.78 is 7.32. The van der Waals surface area contributed by atoms with Crippen molar-refractivity contribution in [3.05, 3.63) is 60.2 Å². The predicted octanol–water partition coefficient (Wildman–Crippen LogP) is 3.53. The topological polar surface area (TPSA) is 82.5 Å². The Balaban J connectivity index is 1.49. The molecule has 4 aromatic rings. The van der Waals surface area contributed by atoms with E-state index in [0.29, 0.717) is 17.5 Å². The molecule has 0 fully saturated rings. The van der Waals surface area contributed by atoms with Crippen LogP contribution in [0, 0.1) is 6.92 Å². The lowest BCUT2D eigenvalue weighted by atomic mass is 10.1. The second-order valence-corrected chi connectivity index (χ2v) is 6.66. The Labute approximate surface area is 154 Å². The van der Waals surface area contributed by atoms with Gasteiger partial charge in [0.15, 0.2) is 11.0 Å². The maximum Gasteiger partial charge on any atom is 0.237 e. The van der Waals surface area contributed by atoms with E-state index < -0.39 is 0 Å². The van der Waals surface area contributed by atoms with E-state index in [1.807, 2.05) is 54.9 Å². The van der Waals surface area contributed by atoms with Crippen molar-refractivity contribution in [2.45, 2.75) is 17.8 Å². The Morgan fingerprint density at radius 1 is 1.08 bits per heavy atom. The summed E-state index contributed by atoms with van der Waals surface area (Å²) in [6.07, 6.45) is 3.48. The first-order chi connectivity index (χ1) is 12.7. The quantitative estimate of drug-likeness (QED) is 0.501. The van der Waals surface area contributed by atoms with Crippen molar-refractivity contribution in [3.8, 4) is 22.8 Å². The van der Waals surface area contributed by atoms with Crippen LogP contribution in [0.2, 0.25) is 0 Å². The Morgan fingerprint density at radius 2 is 1.88 bits per heavy atom. The van der Waals surface area contributed by atoms with Crippen LogP contribution in [0.3, 0.4) is 0 Å². The van der Waals surface area contributed by atoms with Crippen LogP contribution >= 0.6 is 11.8 Å². The molecule has 3 aromatic heterocycles. The third-order valence-corrected chi connectivity index (χ3v) is 4.96. The van der Waals surface area contributed by atoms with Crippen LogP contribution in [0.4, 0.5) is 0 Å². The molecule has 0 amide bonds. The monoisotopic (exact) mass is 364 g/mol. The molecule has 0 aliphatic rings. The van der Waals surface area contributed by atoms with Gasteiger partial charge in [-0.05, 0) is 24.6 Å². The molecule has 0 saturated heterocycles. The number of pyridine rings is 1. The van der Waals surface area contributed by atoms with Crippen LogP contribution < -0.4 is 0 Å². The van der Waals surface area contributed by atoms with Crippen molar-refractivity contribution in [2.75, 3.05) is 0 Å². The van der Waals surface area contributed by atoms with Crippen LogP contribution in [0.1, 0.15) is 11.5 Å². The summed E-state index contributed by atoms with van der Waals surface area (Å²) in [4.78, 5) is 8.51. The molecular weight excluding hydrogens is 348 g/mol. The fourth-order valence-electron chi connectivity index (χ4n) is 2.57. The van der Waals surface area contributed by atoms with Gasteiger partial charge in [-0.3, -0.25) is 4.98 Å². The molecule has 7 nitrogen and oxygen atoms in total. The van der Waals surface area contributed by atoms with Gasteiger partial charge >= 0.3 is 0 Å². The Hall–Kier alpha value is -3.00. The van der Waals surface area contributed by atoms with Crippen molar-refractivity contribution < 1.29 is 4.52 Å². The normalized spacial score (nSPS) is 11.0. The van der Waals surface area contributed by atoms with Gasteiger partial charge in [0.1, 0.15) is 0 Å². The molecule has 8 heteroatoms. The zero-order valence-electron chi connectivity index (χ0n) is 14.3. The molecule has 3 heterocycles. The molecule has 0 unspecified atom stereocenters. The van der Waals surface area contributed by atoms with Crippen molar-refractivity contribution >= 4 is 11.8 Å². The van der Waals surface area contributed by atoms with E-state index >= 15 is 0 Å². The largest absolute Gasteiger partial charge is 0.338 e. The molecule has 26 heavy (non-hydrogen) atoms. The van der Waals surface area contributed by atoms with Crippen molar-refractivity contribution in [1.82, 2.24) is 29.9 Å². The lowest BCUT2D eigenvalue weighted by Crippen LogP contribution is -1.95. The van der Waals surface area contributed by atoms with Crippen molar-refractivity contribution in [1.29, 1.82) is 0 Å². The highest BCUT2D eigenvalue weighted by Gasteiger charge is 2.14. The van der Waals surface area contributed by atoms with Gasteiger partial charge in [0.05, 0.1) is 5.75 Å². The van der Waals surface area contributed by atoms with Gasteiger partial charge in [-0.25, -0.2) is 0 Å². The molecular formula is C18H16N6OS. The van der Waals surface area contributed by atoms with Crippen LogP contribution in [0.25, 0.3) is 22.8 Å². The summed E-state index contributed by atoms with van der Waals surface area (Å²) in [6.45, 7) is 2.03. The van der Waals surface area contributed by atoms with Gasteiger partial charge in [0.2, 0.25) is 11.7 Å². The highest BCUT2D eigenvalue weighted by molar-refractivity contribution is 7.98. The summed E-state index contributed by atoms with van der Waals surface area (Å²) in [7, 11) is 1.94. The minimum absolute atomic E-state index is 0.529.